The number of nitrogens with zero attached hydrogens (tertiary/aromatic N) is 5. The zero-order valence-electron chi connectivity index (χ0n) is 47.3. The quantitative estimate of drug-likeness (QED) is 0.0486. The van der Waals surface area contributed by atoms with Crippen LogP contribution >= 0.6 is 31.9 Å². The fourth-order valence-corrected chi connectivity index (χ4v) is 10.9. The first-order valence-corrected chi connectivity index (χ1v) is 29.1. The van der Waals surface area contributed by atoms with Gasteiger partial charge in [-0.2, -0.15) is 0 Å². The number of halogens is 2. The number of unbranched alkanes of at least 4 members (excludes halogenated alkanes) is 4. The van der Waals surface area contributed by atoms with E-state index in [1.807, 2.05) is 20.0 Å². The molecule has 0 fully saturated rings. The Morgan fingerprint density at radius 3 is 1.96 bits per heavy atom. The summed E-state index contributed by atoms with van der Waals surface area (Å²) >= 11 is 6.21. The van der Waals surface area contributed by atoms with E-state index in [1.165, 1.54) is 38.2 Å². The van der Waals surface area contributed by atoms with Gasteiger partial charge in [0, 0.05) is 49.4 Å². The molecule has 0 aliphatic carbocycles. The van der Waals surface area contributed by atoms with E-state index in [4.69, 9.17) is 23.7 Å². The van der Waals surface area contributed by atoms with E-state index in [1.54, 1.807) is 67.6 Å². The van der Waals surface area contributed by atoms with Crippen molar-refractivity contribution in [1.29, 1.82) is 0 Å². The van der Waals surface area contributed by atoms with Crippen LogP contribution in [-0.2, 0) is 35.3 Å². The number of aliphatic hydroxyl groups is 1. The van der Waals surface area contributed by atoms with Crippen LogP contribution in [0.3, 0.4) is 0 Å². The first kappa shape index (κ1) is 61.5. The Kier molecular flexibility index (Phi) is 20.2. The first-order valence-electron chi connectivity index (χ1n) is 27.5. The molecule has 5 atom stereocenters. The molecular weight excluding hydrogens is 1200 g/mol. The maximum Gasteiger partial charge on any atom is 0.416 e. The fraction of sp³-hybridized carbons (Fsp3) is 0.441. The van der Waals surface area contributed by atoms with Gasteiger partial charge in [0.2, 0.25) is 17.7 Å². The molecule has 5 aliphatic heterocycles. The minimum absolute atomic E-state index is 0.0618. The van der Waals surface area contributed by atoms with Crippen LogP contribution < -0.4 is 39.8 Å². The highest BCUT2D eigenvalue weighted by atomic mass is 79.9. The second-order valence-corrected chi connectivity index (χ2v) is 22.8. The van der Waals surface area contributed by atoms with Gasteiger partial charge in [0.05, 0.1) is 62.0 Å². The number of fused-ring (bicyclic) bond motifs is 4. The standard InChI is InChI=1S/C59H68Br2N8O14/c1-32(2)51(65-48(70)14-10-8-11-19-66-57(76)49(60)50(61)58(66)77)53(72)63-35(5)52(71)64-37-17-15-36(16-18-37)31-83-59(78)69-42-27-47(45(80-7)25-40(42)55(74)68-30-34(4)23-43(68)56(69)75)82-21-13-9-12-20-81-46-26-41-39(24-44(46)79-6)54(73)67-29-33(3)22-38(67)28-62-41/h15-18,24-30,32,35,38,43,51,56,75H,8-14,19-23,31H2,1-7H3,(H,63,72)(H,64,71)(H,65,70)/t35?,38-,43?,51?,56-/m1/s1. The summed E-state index contributed by atoms with van der Waals surface area (Å²) in [7, 11) is 2.96. The summed E-state index contributed by atoms with van der Waals surface area (Å²) in [5.41, 5.74) is 3.94. The van der Waals surface area contributed by atoms with Gasteiger partial charge < -0.3 is 54.5 Å². The highest BCUT2D eigenvalue weighted by Crippen LogP contribution is 2.43. The van der Waals surface area contributed by atoms with Gasteiger partial charge in [0.1, 0.15) is 27.7 Å². The average Bonchev–Trinajstić information content (AvgIpc) is 2.59. The zero-order chi connectivity index (χ0) is 59.8. The molecule has 3 unspecified atom stereocenters. The Bertz CT molecular complexity index is 3160. The van der Waals surface area contributed by atoms with Crippen molar-refractivity contribution in [3.8, 4) is 23.0 Å². The van der Waals surface area contributed by atoms with Crippen LogP contribution in [0, 0.1) is 5.92 Å². The second-order valence-electron chi connectivity index (χ2n) is 21.2. The van der Waals surface area contributed by atoms with Crippen LogP contribution in [0.25, 0.3) is 0 Å². The van der Waals surface area contributed by atoms with Gasteiger partial charge in [-0.3, -0.25) is 43.5 Å². The molecule has 3 aromatic carbocycles. The molecule has 4 N–H and O–H groups in total. The number of rotatable bonds is 24. The number of anilines is 2. The lowest BCUT2D eigenvalue weighted by molar-refractivity contribution is -0.137. The predicted octanol–water partition coefficient (Wildman–Crippen LogP) is 8.27. The zero-order valence-corrected chi connectivity index (χ0v) is 50.4. The molecule has 83 heavy (non-hydrogen) atoms. The average molecular weight is 1270 g/mol. The van der Waals surface area contributed by atoms with Crippen LogP contribution in [0.15, 0.2) is 86.0 Å². The third kappa shape index (κ3) is 14.1. The van der Waals surface area contributed by atoms with Crippen LogP contribution in [0.2, 0.25) is 0 Å². The number of amides is 8. The van der Waals surface area contributed by atoms with Crippen LogP contribution in [-0.4, -0.2) is 138 Å². The predicted molar refractivity (Wildman–Crippen MR) is 314 cm³/mol. The summed E-state index contributed by atoms with van der Waals surface area (Å²) in [5.74, 6) is -1.80. The monoisotopic (exact) mass is 1270 g/mol. The molecule has 5 heterocycles. The third-order valence-electron chi connectivity index (χ3n) is 14.7. The number of aliphatic hydroxyl groups excluding tert-OH is 1. The Balaban J connectivity index is 0.823. The summed E-state index contributed by atoms with van der Waals surface area (Å²) in [6, 6.07) is 9.96. The van der Waals surface area contributed by atoms with Crippen molar-refractivity contribution in [3.63, 3.8) is 0 Å². The van der Waals surface area contributed by atoms with Crippen molar-refractivity contribution in [2.75, 3.05) is 44.2 Å². The van der Waals surface area contributed by atoms with E-state index in [2.05, 4.69) is 52.8 Å². The van der Waals surface area contributed by atoms with E-state index in [-0.39, 0.29) is 81.7 Å². The van der Waals surface area contributed by atoms with E-state index in [0.717, 1.165) is 27.4 Å². The summed E-state index contributed by atoms with van der Waals surface area (Å²) < 4.78 is 29.8. The lowest BCUT2D eigenvalue weighted by Crippen LogP contribution is -2.53. The number of hydrogen-bond donors (Lipinski definition) is 4. The molecule has 8 rings (SSSR count). The Labute approximate surface area is 497 Å². The molecule has 0 radical (unpaired) electrons. The maximum absolute atomic E-state index is 14.2. The number of methoxy groups -OCH3 is 2. The largest absolute Gasteiger partial charge is 0.493 e. The van der Waals surface area contributed by atoms with Crippen molar-refractivity contribution in [2.24, 2.45) is 10.9 Å². The number of ether oxygens (including phenoxy) is 5. The minimum Gasteiger partial charge on any atom is -0.493 e. The van der Waals surface area contributed by atoms with E-state index in [9.17, 15) is 43.5 Å². The highest BCUT2D eigenvalue weighted by Gasteiger charge is 2.45. The number of imide groups is 1. The molecule has 0 saturated carbocycles. The fourth-order valence-electron chi connectivity index (χ4n) is 10.2. The molecule has 0 saturated heterocycles. The summed E-state index contributed by atoms with van der Waals surface area (Å²) in [6.45, 7) is 9.41. The molecule has 0 spiro atoms. The molecule has 442 valence electrons. The minimum atomic E-state index is -1.52. The molecule has 24 heteroatoms. The lowest BCUT2D eigenvalue weighted by atomic mass is 10.0. The third-order valence-corrected chi connectivity index (χ3v) is 16.7. The van der Waals surface area contributed by atoms with E-state index in [0.29, 0.717) is 85.6 Å². The second kappa shape index (κ2) is 27.2. The molecule has 0 aromatic heterocycles. The Morgan fingerprint density at radius 2 is 1.31 bits per heavy atom. The Morgan fingerprint density at radius 1 is 0.711 bits per heavy atom. The van der Waals surface area contributed by atoms with Crippen molar-refractivity contribution < 1.29 is 67.1 Å². The topological polar surface area (TPSA) is 264 Å². The van der Waals surface area contributed by atoms with Crippen molar-refractivity contribution in [2.45, 2.75) is 129 Å². The number of carbonyl (C=O) groups excluding carboxylic acids is 8. The van der Waals surface area contributed by atoms with E-state index >= 15 is 0 Å². The number of carbonyl (C=O) groups is 8. The van der Waals surface area contributed by atoms with Crippen LogP contribution in [0.5, 0.6) is 23.0 Å². The SMILES string of the molecule is COc1cc2c(cc1OCCCCCOc1cc3c(cc1OC)C(=O)N1C=C(C)CC1[C@@H](O)N3C(=O)OCc1ccc(NC(=O)C(C)NC(=O)C(NC(=O)CCCCCN3C(=O)C(Br)=C(Br)C3=O)C(C)C)cc1)N=C[C@H]1CC(C)=CN1C2=O. The summed E-state index contributed by atoms with van der Waals surface area (Å²) in [5, 5.41) is 20.1. The van der Waals surface area contributed by atoms with Gasteiger partial charge in [-0.25, -0.2) is 9.69 Å². The molecule has 22 nitrogen and oxygen atoms in total. The highest BCUT2D eigenvalue weighted by molar-refractivity contribution is 9.14. The number of hydrogen-bond acceptors (Lipinski definition) is 15. The smallest absolute Gasteiger partial charge is 0.416 e. The Hall–Kier alpha value is -7.57. The van der Waals surface area contributed by atoms with Gasteiger partial charge in [0.15, 0.2) is 29.2 Å². The molecule has 3 aromatic rings. The van der Waals surface area contributed by atoms with Crippen molar-refractivity contribution in [1.82, 2.24) is 25.3 Å². The van der Waals surface area contributed by atoms with Gasteiger partial charge in [-0.1, -0.05) is 43.5 Å². The van der Waals surface area contributed by atoms with E-state index < -0.39 is 60.0 Å². The number of nitrogens with one attached hydrogen (secondary N) is 3. The lowest BCUT2D eigenvalue weighted by Gasteiger charge is -2.31. The number of aliphatic imine (C=N–C) groups is 1. The van der Waals surface area contributed by atoms with Gasteiger partial charge in [-0.15, -0.1) is 0 Å². The number of benzene rings is 3. The van der Waals surface area contributed by atoms with Crippen LogP contribution in [0.4, 0.5) is 21.9 Å². The molecule has 8 amide bonds. The molecule has 0 bridgehead atoms. The van der Waals surface area contributed by atoms with Crippen molar-refractivity contribution >= 4 is 103 Å². The first-order chi connectivity index (χ1) is 39.7. The van der Waals surface area contributed by atoms with Crippen molar-refractivity contribution in [3.05, 3.63) is 97.7 Å². The summed E-state index contributed by atoms with van der Waals surface area (Å²) in [4.78, 5) is 116. The van der Waals surface area contributed by atoms with Gasteiger partial charge >= 0.3 is 6.09 Å². The molecule has 5 aliphatic rings. The summed E-state index contributed by atoms with van der Waals surface area (Å²) in [6.07, 6.45) is 7.45. The van der Waals surface area contributed by atoms with Crippen LogP contribution in [0.1, 0.15) is 119 Å². The van der Waals surface area contributed by atoms with Gasteiger partial charge in [0.25, 0.3) is 23.6 Å². The maximum atomic E-state index is 14.2. The molecular formula is C59H68Br2N8O14. The van der Waals surface area contributed by atoms with Gasteiger partial charge in [-0.05, 0) is 133 Å². The normalized spacial score (nSPS) is 18.8.